The molecule has 0 amide bonds. The first-order valence-corrected chi connectivity index (χ1v) is 6.78. The first-order chi connectivity index (χ1) is 9.11. The van der Waals surface area contributed by atoms with Crippen molar-refractivity contribution < 1.29 is 4.39 Å². The number of nitrogens with two attached hydrogens (primary N) is 1. The van der Waals surface area contributed by atoms with Gasteiger partial charge in [-0.1, -0.05) is 33.6 Å². The molecule has 6 heteroatoms. The normalized spacial score (nSPS) is 12.4. The van der Waals surface area contributed by atoms with E-state index in [-0.39, 0.29) is 11.9 Å². The van der Waals surface area contributed by atoms with Crippen LogP contribution in [0.1, 0.15) is 17.2 Å². The summed E-state index contributed by atoms with van der Waals surface area (Å²) in [7, 11) is 0. The molecule has 1 aromatic carbocycles. The van der Waals surface area contributed by atoms with Crippen LogP contribution in [0.3, 0.4) is 0 Å². The van der Waals surface area contributed by atoms with Crippen molar-refractivity contribution in [1.29, 1.82) is 0 Å². The Labute approximate surface area is 124 Å². The lowest BCUT2D eigenvalue weighted by molar-refractivity contribution is 0.528. The molecule has 0 saturated carbocycles. The van der Waals surface area contributed by atoms with Crippen LogP contribution >= 0.6 is 27.5 Å². The molecular weight excluding hydrogens is 333 g/mol. The molecule has 0 aliphatic heterocycles. The molecule has 1 aromatic heterocycles. The van der Waals surface area contributed by atoms with Crippen molar-refractivity contribution in [2.45, 2.75) is 12.5 Å². The third-order valence-corrected chi connectivity index (χ3v) is 3.63. The Morgan fingerprint density at radius 1 is 1.42 bits per heavy atom. The van der Waals surface area contributed by atoms with E-state index in [4.69, 9.17) is 17.4 Å². The molecule has 100 valence electrons. The first kappa shape index (κ1) is 14.4. The summed E-state index contributed by atoms with van der Waals surface area (Å²) in [6, 6.07) is 6.44. The zero-order valence-electron chi connectivity index (χ0n) is 9.91. The number of rotatable bonds is 4. The average molecular weight is 345 g/mol. The summed E-state index contributed by atoms with van der Waals surface area (Å²) in [6.07, 6.45) is 3.57. The predicted molar refractivity (Wildman–Crippen MR) is 77.1 cm³/mol. The van der Waals surface area contributed by atoms with E-state index in [1.54, 1.807) is 30.6 Å². The van der Waals surface area contributed by atoms with E-state index in [1.807, 2.05) is 0 Å². The Kier molecular flexibility index (Phi) is 4.87. The van der Waals surface area contributed by atoms with Gasteiger partial charge in [0, 0.05) is 16.9 Å². The third-order valence-electron chi connectivity index (χ3n) is 2.82. The van der Waals surface area contributed by atoms with Gasteiger partial charge in [0.1, 0.15) is 5.82 Å². The van der Waals surface area contributed by atoms with Gasteiger partial charge in [0.25, 0.3) is 0 Å². The molecular formula is C13H12BrClFN3. The number of nitrogens with zero attached hydrogens (tertiary/aromatic N) is 1. The SMILES string of the molecule is NNC(Cc1ccc(Br)cc1F)c1ccncc1Cl. The van der Waals surface area contributed by atoms with E-state index in [2.05, 4.69) is 26.3 Å². The largest absolute Gasteiger partial charge is 0.271 e. The lowest BCUT2D eigenvalue weighted by atomic mass is 10.00. The number of pyridine rings is 1. The summed E-state index contributed by atoms with van der Waals surface area (Å²) in [5.74, 6) is 5.26. The summed E-state index contributed by atoms with van der Waals surface area (Å²) < 4.78 is 14.5. The van der Waals surface area contributed by atoms with Crippen molar-refractivity contribution in [3.05, 3.63) is 63.1 Å². The van der Waals surface area contributed by atoms with Crippen molar-refractivity contribution >= 4 is 27.5 Å². The lowest BCUT2D eigenvalue weighted by Gasteiger charge is -2.18. The fraction of sp³-hybridized carbons (Fsp3) is 0.154. The highest BCUT2D eigenvalue weighted by Crippen LogP contribution is 2.26. The number of halogens is 3. The molecule has 3 N–H and O–H groups in total. The minimum absolute atomic E-state index is 0.272. The van der Waals surface area contributed by atoms with Crippen LogP contribution in [0.15, 0.2) is 41.1 Å². The van der Waals surface area contributed by atoms with E-state index in [0.29, 0.717) is 21.5 Å². The zero-order valence-corrected chi connectivity index (χ0v) is 12.2. The van der Waals surface area contributed by atoms with Crippen LogP contribution in [0.4, 0.5) is 4.39 Å². The molecule has 3 nitrogen and oxygen atoms in total. The van der Waals surface area contributed by atoms with Crippen molar-refractivity contribution in [2.24, 2.45) is 5.84 Å². The average Bonchev–Trinajstić information content (AvgIpc) is 2.39. The standard InChI is InChI=1S/C13H12BrClFN3/c14-9-2-1-8(12(16)6-9)5-13(19-17)10-3-4-18-7-11(10)15/h1-4,6-7,13,19H,5,17H2. The number of aromatic nitrogens is 1. The van der Waals surface area contributed by atoms with E-state index < -0.39 is 0 Å². The van der Waals surface area contributed by atoms with Gasteiger partial charge in [-0.3, -0.25) is 16.3 Å². The van der Waals surface area contributed by atoms with Crippen LogP contribution in [0, 0.1) is 5.82 Å². The van der Waals surface area contributed by atoms with Crippen LogP contribution in [0.2, 0.25) is 5.02 Å². The lowest BCUT2D eigenvalue weighted by Crippen LogP contribution is -2.30. The van der Waals surface area contributed by atoms with Gasteiger partial charge in [0.15, 0.2) is 0 Å². The highest BCUT2D eigenvalue weighted by Gasteiger charge is 2.16. The summed E-state index contributed by atoms with van der Waals surface area (Å²) in [4.78, 5) is 3.92. The van der Waals surface area contributed by atoms with E-state index in [0.717, 1.165) is 5.56 Å². The van der Waals surface area contributed by atoms with E-state index >= 15 is 0 Å². The topological polar surface area (TPSA) is 50.9 Å². The smallest absolute Gasteiger partial charge is 0.127 e. The number of nitrogens with one attached hydrogen (secondary N) is 1. The van der Waals surface area contributed by atoms with Gasteiger partial charge >= 0.3 is 0 Å². The Morgan fingerprint density at radius 3 is 2.84 bits per heavy atom. The molecule has 2 aromatic rings. The van der Waals surface area contributed by atoms with Crippen LogP contribution in [-0.2, 0) is 6.42 Å². The second-order valence-corrected chi connectivity index (χ2v) is 5.38. The third kappa shape index (κ3) is 3.51. The zero-order chi connectivity index (χ0) is 13.8. The molecule has 0 saturated heterocycles. The minimum Gasteiger partial charge on any atom is -0.271 e. The summed E-state index contributed by atoms with van der Waals surface area (Å²) in [5, 5.41) is 0.503. The predicted octanol–water partition coefficient (Wildman–Crippen LogP) is 3.38. The van der Waals surface area contributed by atoms with Crippen LogP contribution in [-0.4, -0.2) is 4.98 Å². The molecule has 0 fully saturated rings. The maximum absolute atomic E-state index is 13.8. The molecule has 1 heterocycles. The molecule has 0 spiro atoms. The second kappa shape index (κ2) is 6.43. The van der Waals surface area contributed by atoms with E-state index in [1.165, 1.54) is 6.07 Å². The summed E-state index contributed by atoms with van der Waals surface area (Å²) in [6.45, 7) is 0. The summed E-state index contributed by atoms with van der Waals surface area (Å²) in [5.41, 5.74) is 4.02. The van der Waals surface area contributed by atoms with Gasteiger partial charge in [-0.25, -0.2) is 4.39 Å². The Hall–Kier alpha value is -1.01. The second-order valence-electron chi connectivity index (χ2n) is 4.06. The number of hydrogen-bond acceptors (Lipinski definition) is 3. The highest BCUT2D eigenvalue weighted by molar-refractivity contribution is 9.10. The van der Waals surface area contributed by atoms with Crippen LogP contribution in [0.5, 0.6) is 0 Å². The number of benzene rings is 1. The fourth-order valence-electron chi connectivity index (χ4n) is 1.83. The number of hydrazine groups is 1. The van der Waals surface area contributed by atoms with Crippen molar-refractivity contribution in [1.82, 2.24) is 10.4 Å². The van der Waals surface area contributed by atoms with Gasteiger partial charge in [0.2, 0.25) is 0 Å². The molecule has 0 aliphatic carbocycles. The van der Waals surface area contributed by atoms with Crippen molar-refractivity contribution in [3.8, 4) is 0 Å². The number of hydrogen-bond donors (Lipinski definition) is 2. The maximum atomic E-state index is 13.8. The molecule has 1 unspecified atom stereocenters. The molecule has 0 bridgehead atoms. The summed E-state index contributed by atoms with van der Waals surface area (Å²) >= 11 is 9.30. The van der Waals surface area contributed by atoms with Gasteiger partial charge < -0.3 is 0 Å². The fourth-order valence-corrected chi connectivity index (χ4v) is 2.42. The minimum atomic E-state index is -0.278. The van der Waals surface area contributed by atoms with Crippen LogP contribution < -0.4 is 11.3 Å². The van der Waals surface area contributed by atoms with E-state index in [9.17, 15) is 4.39 Å². The van der Waals surface area contributed by atoms with Crippen molar-refractivity contribution in [3.63, 3.8) is 0 Å². The van der Waals surface area contributed by atoms with Gasteiger partial charge in [0.05, 0.1) is 11.1 Å². The Morgan fingerprint density at radius 2 is 2.21 bits per heavy atom. The van der Waals surface area contributed by atoms with Gasteiger partial charge in [-0.05, 0) is 35.7 Å². The van der Waals surface area contributed by atoms with Gasteiger partial charge in [-0.15, -0.1) is 0 Å². The molecule has 0 radical (unpaired) electrons. The molecule has 19 heavy (non-hydrogen) atoms. The molecule has 1 atom stereocenters. The quantitative estimate of drug-likeness (QED) is 0.660. The molecule has 0 aliphatic rings. The van der Waals surface area contributed by atoms with Crippen molar-refractivity contribution in [2.75, 3.05) is 0 Å². The Bertz CT molecular complexity index is 580. The van der Waals surface area contributed by atoms with Gasteiger partial charge in [-0.2, -0.15) is 0 Å². The first-order valence-electron chi connectivity index (χ1n) is 5.61. The highest BCUT2D eigenvalue weighted by atomic mass is 79.9. The van der Waals surface area contributed by atoms with Crippen LogP contribution in [0.25, 0.3) is 0 Å². The maximum Gasteiger partial charge on any atom is 0.127 e. The molecule has 2 rings (SSSR count). The monoisotopic (exact) mass is 343 g/mol. The Balaban J connectivity index is 2.27.